The van der Waals surface area contributed by atoms with Crippen molar-refractivity contribution in [3.05, 3.63) is 59.4 Å². The van der Waals surface area contributed by atoms with Crippen LogP contribution in [0.2, 0.25) is 5.02 Å². The fourth-order valence-corrected chi connectivity index (χ4v) is 3.31. The zero-order valence-corrected chi connectivity index (χ0v) is 13.1. The molecular weight excluding hydrogens is 288 g/mol. The summed E-state index contributed by atoms with van der Waals surface area (Å²) in [5, 5.41) is 4.34. The van der Waals surface area contributed by atoms with Crippen molar-refractivity contribution < 1.29 is 0 Å². The number of nitrogens with one attached hydrogen (secondary N) is 1. The molecule has 0 aliphatic carbocycles. The lowest BCUT2D eigenvalue weighted by molar-refractivity contribution is 0.572. The topological polar surface area (TPSA) is 24.9 Å². The molecule has 4 heteroatoms. The molecule has 1 atom stereocenters. The summed E-state index contributed by atoms with van der Waals surface area (Å²) in [4.78, 5) is 5.28. The lowest BCUT2D eigenvalue weighted by Gasteiger charge is -2.17. The zero-order valence-electron chi connectivity index (χ0n) is 11.6. The van der Waals surface area contributed by atoms with Gasteiger partial charge < -0.3 is 5.32 Å². The Bertz CT molecular complexity index is 519. The zero-order chi connectivity index (χ0) is 14.2. The van der Waals surface area contributed by atoms with E-state index in [1.54, 1.807) is 0 Å². The Morgan fingerprint density at radius 1 is 1.25 bits per heavy atom. The summed E-state index contributed by atoms with van der Waals surface area (Å²) >= 11 is 7.85. The largest absolute Gasteiger partial charge is 0.313 e. The molecule has 0 aliphatic rings. The summed E-state index contributed by atoms with van der Waals surface area (Å²) in [6, 6.07) is 12.6. The van der Waals surface area contributed by atoms with E-state index in [2.05, 4.69) is 35.4 Å². The Morgan fingerprint density at radius 3 is 2.75 bits per heavy atom. The first kappa shape index (κ1) is 15.4. The third kappa shape index (κ3) is 5.16. The summed E-state index contributed by atoms with van der Waals surface area (Å²) in [5.41, 5.74) is 1.32. The minimum atomic E-state index is 0.450. The molecule has 20 heavy (non-hydrogen) atoms. The van der Waals surface area contributed by atoms with Crippen molar-refractivity contribution in [2.45, 2.75) is 24.3 Å². The number of rotatable bonds is 7. The van der Waals surface area contributed by atoms with Crippen LogP contribution in [0, 0.1) is 0 Å². The monoisotopic (exact) mass is 306 g/mol. The van der Waals surface area contributed by atoms with Crippen LogP contribution in [0.4, 0.5) is 0 Å². The first-order chi connectivity index (χ1) is 9.78. The number of aromatic nitrogens is 1. The second-order valence-corrected chi connectivity index (χ2v) is 6.11. The summed E-state index contributed by atoms with van der Waals surface area (Å²) in [6.45, 7) is 3.12. The fraction of sp³-hybridized carbons (Fsp3) is 0.312. The molecule has 1 N–H and O–H groups in total. The van der Waals surface area contributed by atoms with E-state index in [0.717, 1.165) is 23.7 Å². The van der Waals surface area contributed by atoms with Crippen LogP contribution in [0.15, 0.2) is 53.7 Å². The number of hydrogen-bond donors (Lipinski definition) is 1. The third-order valence-corrected chi connectivity index (χ3v) is 4.36. The molecule has 0 spiro atoms. The average molecular weight is 307 g/mol. The van der Waals surface area contributed by atoms with Crippen molar-refractivity contribution in [3.63, 3.8) is 0 Å². The standard InChI is InChI=1S/C16H19ClN2S/c1-2-19-15(10-13-6-8-18-9-7-13)12-20-16-5-3-4-14(17)11-16/h3-9,11,15,19H,2,10,12H2,1H3. The number of benzene rings is 1. The van der Waals surface area contributed by atoms with Crippen LogP contribution in [0.5, 0.6) is 0 Å². The predicted molar refractivity (Wildman–Crippen MR) is 87.6 cm³/mol. The number of nitrogens with zero attached hydrogens (tertiary/aromatic N) is 1. The second-order valence-electron chi connectivity index (χ2n) is 4.58. The van der Waals surface area contributed by atoms with Gasteiger partial charge in [0.15, 0.2) is 0 Å². The molecule has 0 fully saturated rings. The molecule has 1 aromatic heterocycles. The van der Waals surface area contributed by atoms with Gasteiger partial charge in [0.25, 0.3) is 0 Å². The molecule has 0 amide bonds. The molecule has 0 saturated heterocycles. The number of thioether (sulfide) groups is 1. The van der Waals surface area contributed by atoms with E-state index in [-0.39, 0.29) is 0 Å². The highest BCUT2D eigenvalue weighted by Gasteiger charge is 2.09. The smallest absolute Gasteiger partial charge is 0.0417 e. The lowest BCUT2D eigenvalue weighted by Crippen LogP contribution is -2.33. The minimum absolute atomic E-state index is 0.450. The van der Waals surface area contributed by atoms with Crippen LogP contribution in [0.1, 0.15) is 12.5 Å². The van der Waals surface area contributed by atoms with Gasteiger partial charge in [0, 0.05) is 34.1 Å². The first-order valence-corrected chi connectivity index (χ1v) is 8.15. The van der Waals surface area contributed by atoms with Gasteiger partial charge in [-0.1, -0.05) is 24.6 Å². The molecule has 106 valence electrons. The Labute approximate surface area is 130 Å². The molecule has 1 unspecified atom stereocenters. The Balaban J connectivity index is 1.92. The van der Waals surface area contributed by atoms with Gasteiger partial charge >= 0.3 is 0 Å². The van der Waals surface area contributed by atoms with Crippen LogP contribution in [0.3, 0.4) is 0 Å². The Hall–Kier alpha value is -1.03. The van der Waals surface area contributed by atoms with Crippen molar-refractivity contribution in [2.75, 3.05) is 12.3 Å². The molecule has 2 aromatic rings. The van der Waals surface area contributed by atoms with Gasteiger partial charge in [0.2, 0.25) is 0 Å². The minimum Gasteiger partial charge on any atom is -0.313 e. The number of hydrogen-bond acceptors (Lipinski definition) is 3. The summed E-state index contributed by atoms with van der Waals surface area (Å²) in [5.74, 6) is 1.02. The molecule has 0 saturated carbocycles. The van der Waals surface area contributed by atoms with Gasteiger partial charge in [0.1, 0.15) is 0 Å². The second kappa shape index (κ2) is 8.30. The van der Waals surface area contributed by atoms with E-state index in [1.807, 2.05) is 42.4 Å². The van der Waals surface area contributed by atoms with E-state index in [0.29, 0.717) is 6.04 Å². The normalized spacial score (nSPS) is 12.3. The van der Waals surface area contributed by atoms with Gasteiger partial charge in [-0.25, -0.2) is 0 Å². The summed E-state index contributed by atoms with van der Waals surface area (Å²) in [7, 11) is 0. The van der Waals surface area contributed by atoms with Crippen LogP contribution in [0.25, 0.3) is 0 Å². The number of halogens is 1. The lowest BCUT2D eigenvalue weighted by atomic mass is 10.1. The molecule has 1 heterocycles. The van der Waals surface area contributed by atoms with E-state index in [1.165, 1.54) is 10.5 Å². The molecule has 1 aromatic carbocycles. The van der Waals surface area contributed by atoms with Gasteiger partial charge in [-0.2, -0.15) is 0 Å². The first-order valence-electron chi connectivity index (χ1n) is 6.78. The van der Waals surface area contributed by atoms with Crippen molar-refractivity contribution >= 4 is 23.4 Å². The van der Waals surface area contributed by atoms with Crippen molar-refractivity contribution in [3.8, 4) is 0 Å². The highest BCUT2D eigenvalue weighted by atomic mass is 35.5. The van der Waals surface area contributed by atoms with E-state index >= 15 is 0 Å². The fourth-order valence-electron chi connectivity index (χ4n) is 2.04. The molecule has 2 nitrogen and oxygen atoms in total. The van der Waals surface area contributed by atoms with E-state index < -0.39 is 0 Å². The van der Waals surface area contributed by atoms with Crippen molar-refractivity contribution in [1.82, 2.24) is 10.3 Å². The average Bonchev–Trinajstić information content (AvgIpc) is 2.46. The van der Waals surface area contributed by atoms with Crippen LogP contribution in [-0.2, 0) is 6.42 Å². The van der Waals surface area contributed by atoms with Crippen molar-refractivity contribution in [1.29, 1.82) is 0 Å². The molecule has 2 rings (SSSR count). The van der Waals surface area contributed by atoms with E-state index in [4.69, 9.17) is 11.6 Å². The van der Waals surface area contributed by atoms with Crippen LogP contribution < -0.4 is 5.32 Å². The third-order valence-electron chi connectivity index (χ3n) is 2.97. The summed E-state index contributed by atoms with van der Waals surface area (Å²) in [6.07, 6.45) is 4.72. The number of likely N-dealkylation sites (N-methyl/N-ethyl adjacent to an activating group) is 1. The number of pyridine rings is 1. The maximum absolute atomic E-state index is 6.02. The van der Waals surface area contributed by atoms with Gasteiger partial charge in [-0.3, -0.25) is 4.98 Å². The van der Waals surface area contributed by atoms with Gasteiger partial charge in [0.05, 0.1) is 0 Å². The molecule has 0 radical (unpaired) electrons. The molecule has 0 aliphatic heterocycles. The van der Waals surface area contributed by atoms with Gasteiger partial charge in [-0.15, -0.1) is 11.8 Å². The van der Waals surface area contributed by atoms with Crippen LogP contribution in [-0.4, -0.2) is 23.3 Å². The quantitative estimate of drug-likeness (QED) is 0.781. The maximum atomic E-state index is 6.02. The maximum Gasteiger partial charge on any atom is 0.0417 e. The van der Waals surface area contributed by atoms with Crippen LogP contribution >= 0.6 is 23.4 Å². The highest BCUT2D eigenvalue weighted by Crippen LogP contribution is 2.22. The Morgan fingerprint density at radius 2 is 2.05 bits per heavy atom. The highest BCUT2D eigenvalue weighted by molar-refractivity contribution is 7.99. The van der Waals surface area contributed by atoms with Gasteiger partial charge in [-0.05, 0) is 48.9 Å². The Kier molecular flexibility index (Phi) is 6.37. The molecular formula is C16H19ClN2S. The van der Waals surface area contributed by atoms with Crippen molar-refractivity contribution in [2.24, 2.45) is 0 Å². The summed E-state index contributed by atoms with van der Waals surface area (Å²) < 4.78 is 0. The van der Waals surface area contributed by atoms with E-state index in [9.17, 15) is 0 Å². The predicted octanol–water partition coefficient (Wildman–Crippen LogP) is 4.05. The molecule has 0 bridgehead atoms. The SMILES string of the molecule is CCNC(CSc1cccc(Cl)c1)Cc1ccncc1.